The van der Waals surface area contributed by atoms with Gasteiger partial charge in [0.05, 0.1) is 7.11 Å². The molecule has 0 unspecified atom stereocenters. The average molecular weight is 472 g/mol. The molecule has 7 heteroatoms. The third kappa shape index (κ3) is 5.02. The maximum absolute atomic E-state index is 11.2. The first kappa shape index (κ1) is 20.8. The molecule has 2 aliphatic rings. The van der Waals surface area contributed by atoms with E-state index in [4.69, 9.17) is 0 Å². The van der Waals surface area contributed by atoms with Gasteiger partial charge in [0, 0.05) is 32.4 Å². The molecular weight excluding hydrogens is 443 g/mol. The van der Waals surface area contributed by atoms with Gasteiger partial charge in [0.15, 0.2) is 5.96 Å². The van der Waals surface area contributed by atoms with Crippen LogP contribution in [0.1, 0.15) is 37.7 Å². The van der Waals surface area contributed by atoms with Crippen LogP contribution in [-0.4, -0.2) is 44.2 Å². The van der Waals surface area contributed by atoms with Crippen LogP contribution < -0.4 is 10.6 Å². The van der Waals surface area contributed by atoms with Crippen LogP contribution >= 0.6 is 24.0 Å². The molecule has 1 amide bonds. The predicted octanol–water partition coefficient (Wildman–Crippen LogP) is 3.82. The second kappa shape index (κ2) is 9.43. The molecule has 1 aliphatic heterocycles. The molecule has 144 valence electrons. The molecule has 1 spiro atoms. The van der Waals surface area contributed by atoms with E-state index in [1.807, 2.05) is 31.3 Å². The lowest BCUT2D eigenvalue weighted by molar-refractivity contribution is 0.187. The van der Waals surface area contributed by atoms with Crippen molar-refractivity contribution in [3.05, 3.63) is 29.8 Å². The Morgan fingerprint density at radius 2 is 1.92 bits per heavy atom. The maximum Gasteiger partial charge on any atom is 0.411 e. The van der Waals surface area contributed by atoms with Gasteiger partial charge in [0.25, 0.3) is 0 Å². The Morgan fingerprint density at radius 1 is 1.23 bits per heavy atom. The van der Waals surface area contributed by atoms with E-state index in [1.54, 1.807) is 0 Å². The number of guanidine groups is 1. The van der Waals surface area contributed by atoms with Crippen LogP contribution in [0.2, 0.25) is 0 Å². The maximum atomic E-state index is 11.2. The van der Waals surface area contributed by atoms with Gasteiger partial charge in [0.2, 0.25) is 0 Å². The van der Waals surface area contributed by atoms with Gasteiger partial charge in [0.1, 0.15) is 0 Å². The highest BCUT2D eigenvalue weighted by Crippen LogP contribution is 2.45. The molecule has 2 N–H and O–H groups in total. The third-order valence-electron chi connectivity index (χ3n) is 5.45. The quantitative estimate of drug-likeness (QED) is 0.399. The van der Waals surface area contributed by atoms with Crippen molar-refractivity contribution >= 4 is 41.7 Å². The number of methoxy groups -OCH3 is 1. The summed E-state index contributed by atoms with van der Waals surface area (Å²) in [5.41, 5.74) is 2.41. The highest BCUT2D eigenvalue weighted by Gasteiger charge is 2.40. The molecule has 1 aliphatic carbocycles. The number of ether oxygens (including phenoxy) is 1. The standard InChI is InChI=1S/C19H28N4O2.HI/c1-20-17(23-12-11-19(14-23)9-3-4-10-19)21-13-15-5-7-16(8-6-15)22-18(24)25-2;/h5-8H,3-4,9-14H2,1-2H3,(H,20,21)(H,22,24);1H. The topological polar surface area (TPSA) is 66.0 Å². The summed E-state index contributed by atoms with van der Waals surface area (Å²) < 4.78 is 4.59. The number of carbonyl (C=O) groups excluding carboxylic acids is 1. The summed E-state index contributed by atoms with van der Waals surface area (Å²) >= 11 is 0. The number of nitrogens with one attached hydrogen (secondary N) is 2. The monoisotopic (exact) mass is 472 g/mol. The molecule has 3 rings (SSSR count). The normalized spacial score (nSPS) is 18.5. The Balaban J connectivity index is 0.00000243. The highest BCUT2D eigenvalue weighted by molar-refractivity contribution is 14.0. The Bertz CT molecular complexity index is 627. The van der Waals surface area contributed by atoms with Crippen molar-refractivity contribution in [2.24, 2.45) is 10.4 Å². The zero-order chi connectivity index (χ0) is 17.7. The zero-order valence-corrected chi connectivity index (χ0v) is 17.9. The lowest BCUT2D eigenvalue weighted by atomic mass is 9.86. The fourth-order valence-corrected chi connectivity index (χ4v) is 4.04. The van der Waals surface area contributed by atoms with Gasteiger partial charge in [-0.1, -0.05) is 25.0 Å². The minimum Gasteiger partial charge on any atom is -0.453 e. The van der Waals surface area contributed by atoms with Crippen molar-refractivity contribution in [2.45, 2.75) is 38.6 Å². The number of amides is 1. The molecule has 1 saturated carbocycles. The Kier molecular flexibility index (Phi) is 7.55. The van der Waals surface area contributed by atoms with Gasteiger partial charge in [-0.3, -0.25) is 10.3 Å². The van der Waals surface area contributed by atoms with E-state index in [-0.39, 0.29) is 24.0 Å². The summed E-state index contributed by atoms with van der Waals surface area (Å²) in [7, 11) is 3.21. The number of anilines is 1. The van der Waals surface area contributed by atoms with E-state index in [1.165, 1.54) is 39.2 Å². The first-order valence-corrected chi connectivity index (χ1v) is 9.04. The predicted molar refractivity (Wildman–Crippen MR) is 115 cm³/mol. The van der Waals surface area contributed by atoms with E-state index in [0.717, 1.165) is 30.3 Å². The molecule has 6 nitrogen and oxygen atoms in total. The van der Waals surface area contributed by atoms with Gasteiger partial charge >= 0.3 is 6.09 Å². The molecule has 0 radical (unpaired) electrons. The molecular formula is C19H29IN4O2. The van der Waals surface area contributed by atoms with Gasteiger partial charge in [-0.05, 0) is 42.4 Å². The van der Waals surface area contributed by atoms with Gasteiger partial charge < -0.3 is 15.0 Å². The Labute approximate surface area is 172 Å². The van der Waals surface area contributed by atoms with Crippen LogP contribution in [0.25, 0.3) is 0 Å². The largest absolute Gasteiger partial charge is 0.453 e. The molecule has 0 aromatic heterocycles. The Morgan fingerprint density at radius 3 is 2.54 bits per heavy atom. The number of nitrogens with zero attached hydrogens (tertiary/aromatic N) is 2. The van der Waals surface area contributed by atoms with Crippen LogP contribution in [0.3, 0.4) is 0 Å². The lowest BCUT2D eigenvalue weighted by Gasteiger charge is -2.26. The molecule has 2 fully saturated rings. The van der Waals surface area contributed by atoms with Crippen LogP contribution in [0.5, 0.6) is 0 Å². The van der Waals surface area contributed by atoms with Crippen molar-refractivity contribution in [1.29, 1.82) is 0 Å². The first-order valence-electron chi connectivity index (χ1n) is 9.04. The smallest absolute Gasteiger partial charge is 0.411 e. The molecule has 1 heterocycles. The summed E-state index contributed by atoms with van der Waals surface area (Å²) in [4.78, 5) is 18.1. The molecule has 26 heavy (non-hydrogen) atoms. The zero-order valence-electron chi connectivity index (χ0n) is 15.6. The van der Waals surface area contributed by atoms with Crippen LogP contribution in [0, 0.1) is 5.41 Å². The number of carbonyl (C=O) groups is 1. The minimum atomic E-state index is -0.457. The molecule has 0 atom stereocenters. The first-order chi connectivity index (χ1) is 12.1. The minimum absolute atomic E-state index is 0. The molecule has 1 saturated heterocycles. The number of hydrogen-bond acceptors (Lipinski definition) is 3. The number of likely N-dealkylation sites (tertiary alicyclic amines) is 1. The number of aliphatic imine (C=N–C) groups is 1. The fraction of sp³-hybridized carbons (Fsp3) is 0.579. The number of halogens is 1. The second-order valence-corrected chi connectivity index (χ2v) is 7.09. The summed E-state index contributed by atoms with van der Waals surface area (Å²) in [5, 5.41) is 6.12. The van der Waals surface area contributed by atoms with Crippen molar-refractivity contribution in [1.82, 2.24) is 10.2 Å². The van der Waals surface area contributed by atoms with Gasteiger partial charge in [-0.25, -0.2) is 4.79 Å². The van der Waals surface area contributed by atoms with E-state index in [2.05, 4.69) is 25.3 Å². The van der Waals surface area contributed by atoms with Gasteiger partial charge in [-0.2, -0.15) is 0 Å². The number of hydrogen-bond donors (Lipinski definition) is 2. The molecule has 0 bridgehead atoms. The van der Waals surface area contributed by atoms with Crippen molar-refractivity contribution in [2.75, 3.05) is 32.6 Å². The van der Waals surface area contributed by atoms with Crippen molar-refractivity contribution in [3.63, 3.8) is 0 Å². The van der Waals surface area contributed by atoms with Crippen molar-refractivity contribution < 1.29 is 9.53 Å². The lowest BCUT2D eigenvalue weighted by Crippen LogP contribution is -2.40. The summed E-state index contributed by atoms with van der Waals surface area (Å²) in [6, 6.07) is 7.74. The van der Waals surface area contributed by atoms with Crippen LogP contribution in [0.15, 0.2) is 29.3 Å². The average Bonchev–Trinajstić information content (AvgIpc) is 3.27. The molecule has 1 aromatic carbocycles. The van der Waals surface area contributed by atoms with E-state index < -0.39 is 6.09 Å². The number of benzene rings is 1. The summed E-state index contributed by atoms with van der Waals surface area (Å²) in [6.07, 6.45) is 6.34. The van der Waals surface area contributed by atoms with Crippen molar-refractivity contribution in [3.8, 4) is 0 Å². The second-order valence-electron chi connectivity index (χ2n) is 7.09. The van der Waals surface area contributed by atoms with Crippen LogP contribution in [-0.2, 0) is 11.3 Å². The Hall–Kier alpha value is -1.51. The van der Waals surface area contributed by atoms with Gasteiger partial charge in [-0.15, -0.1) is 24.0 Å². The van der Waals surface area contributed by atoms with Crippen LogP contribution in [0.4, 0.5) is 10.5 Å². The van der Waals surface area contributed by atoms with E-state index in [0.29, 0.717) is 12.0 Å². The summed E-state index contributed by atoms with van der Waals surface area (Å²) in [5.74, 6) is 0.987. The number of rotatable bonds is 3. The van der Waals surface area contributed by atoms with E-state index in [9.17, 15) is 4.79 Å². The summed E-state index contributed by atoms with van der Waals surface area (Å²) in [6.45, 7) is 2.95. The molecule has 1 aromatic rings. The SMILES string of the molecule is CN=C(NCc1ccc(NC(=O)OC)cc1)N1CCC2(CCCC2)C1.I. The third-order valence-corrected chi connectivity index (χ3v) is 5.45. The highest BCUT2D eigenvalue weighted by atomic mass is 127. The fourth-order valence-electron chi connectivity index (χ4n) is 4.04. The van der Waals surface area contributed by atoms with E-state index >= 15 is 0 Å².